The van der Waals surface area contributed by atoms with Crippen LogP contribution in [0.3, 0.4) is 0 Å². The fourth-order valence-corrected chi connectivity index (χ4v) is 2.04. The molecule has 1 saturated heterocycles. The first-order valence-corrected chi connectivity index (χ1v) is 6.04. The molecule has 92 valence electrons. The van der Waals surface area contributed by atoms with E-state index in [9.17, 15) is 14.3 Å². The number of hydrogen-bond acceptors (Lipinski definition) is 2. The minimum atomic E-state index is -0.493. The van der Waals surface area contributed by atoms with E-state index < -0.39 is 11.9 Å². The molecule has 1 aromatic rings. The molecule has 0 aliphatic carbocycles. The Balaban J connectivity index is 2.03. The van der Waals surface area contributed by atoms with Crippen LogP contribution < -0.4 is 5.32 Å². The highest BCUT2D eigenvalue weighted by atomic mass is 79.9. The van der Waals surface area contributed by atoms with Gasteiger partial charge in [0, 0.05) is 17.6 Å². The van der Waals surface area contributed by atoms with Gasteiger partial charge in [-0.15, -0.1) is 0 Å². The summed E-state index contributed by atoms with van der Waals surface area (Å²) in [5.74, 6) is -0.493. The normalized spacial score (nSPS) is 19.5. The summed E-state index contributed by atoms with van der Waals surface area (Å²) >= 11 is 3.14. The standard InChI is InChI=1S/C11H12BrFN2O2/c12-7-1-2-10(9(13)5-7)14-11(17)15-4-3-8(16)6-15/h1-2,5,8,16H,3-4,6H2,(H,14,17)/t8-/m1/s1. The number of halogens is 2. The maximum absolute atomic E-state index is 13.5. The van der Waals surface area contributed by atoms with Crippen molar-refractivity contribution in [3.8, 4) is 0 Å². The number of likely N-dealkylation sites (tertiary alicyclic amines) is 1. The zero-order valence-electron chi connectivity index (χ0n) is 8.99. The molecule has 0 spiro atoms. The molecule has 0 bridgehead atoms. The van der Waals surface area contributed by atoms with Crippen molar-refractivity contribution < 1.29 is 14.3 Å². The van der Waals surface area contributed by atoms with E-state index in [4.69, 9.17) is 0 Å². The SMILES string of the molecule is O=C(Nc1ccc(Br)cc1F)N1CC[C@@H](O)C1. The van der Waals surface area contributed by atoms with E-state index in [-0.39, 0.29) is 11.7 Å². The highest BCUT2D eigenvalue weighted by Crippen LogP contribution is 2.20. The van der Waals surface area contributed by atoms with Crippen LogP contribution in [0.15, 0.2) is 22.7 Å². The van der Waals surface area contributed by atoms with Gasteiger partial charge in [-0.05, 0) is 24.6 Å². The zero-order valence-corrected chi connectivity index (χ0v) is 10.6. The maximum Gasteiger partial charge on any atom is 0.322 e. The average molecular weight is 303 g/mol. The Labute approximate surface area is 107 Å². The molecule has 1 atom stereocenters. The largest absolute Gasteiger partial charge is 0.391 e. The van der Waals surface area contributed by atoms with Crippen molar-refractivity contribution >= 4 is 27.6 Å². The third-order valence-electron chi connectivity index (χ3n) is 2.62. The van der Waals surface area contributed by atoms with E-state index in [1.165, 1.54) is 17.0 Å². The molecule has 1 aliphatic rings. The number of carbonyl (C=O) groups excluding carboxylic acids is 1. The summed E-state index contributed by atoms with van der Waals surface area (Å²) in [7, 11) is 0. The quantitative estimate of drug-likeness (QED) is 0.835. The lowest BCUT2D eigenvalue weighted by Gasteiger charge is -2.16. The number of carbonyl (C=O) groups is 1. The van der Waals surface area contributed by atoms with Crippen LogP contribution >= 0.6 is 15.9 Å². The molecule has 0 aromatic heterocycles. The number of hydrogen-bond donors (Lipinski definition) is 2. The van der Waals surface area contributed by atoms with E-state index in [1.54, 1.807) is 6.07 Å². The second-order valence-corrected chi connectivity index (χ2v) is 4.86. The minimum absolute atomic E-state index is 0.139. The Bertz CT molecular complexity index is 441. The summed E-state index contributed by atoms with van der Waals surface area (Å²) in [6.07, 6.45) is 0.0893. The van der Waals surface area contributed by atoms with E-state index >= 15 is 0 Å². The van der Waals surface area contributed by atoms with Crippen LogP contribution in [0.25, 0.3) is 0 Å². The molecule has 2 amide bonds. The minimum Gasteiger partial charge on any atom is -0.391 e. The summed E-state index contributed by atoms with van der Waals surface area (Å²) < 4.78 is 14.1. The van der Waals surface area contributed by atoms with Gasteiger partial charge in [-0.3, -0.25) is 0 Å². The van der Waals surface area contributed by atoms with Gasteiger partial charge in [0.15, 0.2) is 0 Å². The predicted molar refractivity (Wildman–Crippen MR) is 65.3 cm³/mol. The van der Waals surface area contributed by atoms with Crippen molar-refractivity contribution in [1.82, 2.24) is 4.90 Å². The first-order valence-electron chi connectivity index (χ1n) is 5.25. The Hall–Kier alpha value is -1.14. The number of urea groups is 1. The van der Waals surface area contributed by atoms with Crippen molar-refractivity contribution in [2.45, 2.75) is 12.5 Å². The third kappa shape index (κ3) is 2.95. The van der Waals surface area contributed by atoms with Crippen molar-refractivity contribution in [2.75, 3.05) is 18.4 Å². The molecule has 0 saturated carbocycles. The number of aliphatic hydroxyl groups excluding tert-OH is 1. The van der Waals surface area contributed by atoms with Crippen LogP contribution in [0.4, 0.5) is 14.9 Å². The highest BCUT2D eigenvalue weighted by Gasteiger charge is 2.24. The molecular weight excluding hydrogens is 291 g/mol. The van der Waals surface area contributed by atoms with Crippen LogP contribution in [-0.4, -0.2) is 35.2 Å². The van der Waals surface area contributed by atoms with Gasteiger partial charge in [0.25, 0.3) is 0 Å². The Kier molecular flexibility index (Phi) is 3.63. The number of β-amino-alcohol motifs (C(OH)–C–C–N with tert-alkyl or cyclic N) is 1. The monoisotopic (exact) mass is 302 g/mol. The summed E-state index contributed by atoms with van der Waals surface area (Å²) in [5, 5.41) is 11.8. The van der Waals surface area contributed by atoms with Gasteiger partial charge in [0.2, 0.25) is 0 Å². The van der Waals surface area contributed by atoms with Crippen LogP contribution in [0.2, 0.25) is 0 Å². The first-order chi connectivity index (χ1) is 8.06. The molecule has 2 N–H and O–H groups in total. The fraction of sp³-hybridized carbons (Fsp3) is 0.364. The molecule has 0 radical (unpaired) electrons. The molecular formula is C11H12BrFN2O2. The molecule has 1 heterocycles. The van der Waals surface area contributed by atoms with Gasteiger partial charge in [0.1, 0.15) is 5.82 Å². The maximum atomic E-state index is 13.5. The molecule has 0 unspecified atom stereocenters. The fourth-order valence-electron chi connectivity index (χ4n) is 1.71. The molecule has 4 nitrogen and oxygen atoms in total. The second-order valence-electron chi connectivity index (χ2n) is 3.94. The summed E-state index contributed by atoms with van der Waals surface area (Å²) in [6, 6.07) is 4.04. The number of benzene rings is 1. The van der Waals surface area contributed by atoms with Gasteiger partial charge in [-0.1, -0.05) is 15.9 Å². The number of rotatable bonds is 1. The average Bonchev–Trinajstić information content (AvgIpc) is 2.69. The molecule has 1 aliphatic heterocycles. The van der Waals surface area contributed by atoms with E-state index in [0.717, 1.165) is 0 Å². The van der Waals surface area contributed by atoms with E-state index in [2.05, 4.69) is 21.2 Å². The predicted octanol–water partition coefficient (Wildman–Crippen LogP) is 2.19. The number of aliphatic hydroxyl groups is 1. The lowest BCUT2D eigenvalue weighted by Crippen LogP contribution is -2.33. The van der Waals surface area contributed by atoms with Crippen molar-refractivity contribution in [1.29, 1.82) is 0 Å². The van der Waals surface area contributed by atoms with Crippen LogP contribution in [0, 0.1) is 5.82 Å². The molecule has 6 heteroatoms. The third-order valence-corrected chi connectivity index (χ3v) is 3.12. The van der Waals surface area contributed by atoms with Crippen LogP contribution in [0.1, 0.15) is 6.42 Å². The number of amides is 2. The number of nitrogens with one attached hydrogen (secondary N) is 1. The van der Waals surface area contributed by atoms with Crippen molar-refractivity contribution in [2.24, 2.45) is 0 Å². The van der Waals surface area contributed by atoms with E-state index in [1.807, 2.05) is 0 Å². The van der Waals surface area contributed by atoms with Crippen LogP contribution in [-0.2, 0) is 0 Å². The molecule has 1 aromatic carbocycles. The first kappa shape index (κ1) is 12.3. The molecule has 17 heavy (non-hydrogen) atoms. The van der Waals surface area contributed by atoms with Gasteiger partial charge >= 0.3 is 6.03 Å². The summed E-state index contributed by atoms with van der Waals surface area (Å²) in [4.78, 5) is 13.2. The lowest BCUT2D eigenvalue weighted by molar-refractivity contribution is 0.176. The Morgan fingerprint density at radius 3 is 2.94 bits per heavy atom. The van der Waals surface area contributed by atoms with Gasteiger partial charge in [0.05, 0.1) is 11.8 Å². The second kappa shape index (κ2) is 5.01. The lowest BCUT2D eigenvalue weighted by atomic mass is 10.3. The van der Waals surface area contributed by atoms with Crippen molar-refractivity contribution in [3.05, 3.63) is 28.5 Å². The summed E-state index contributed by atoms with van der Waals surface area (Å²) in [5.41, 5.74) is 0.139. The smallest absolute Gasteiger partial charge is 0.322 e. The Morgan fingerprint density at radius 1 is 1.59 bits per heavy atom. The molecule has 2 rings (SSSR count). The van der Waals surface area contributed by atoms with Gasteiger partial charge < -0.3 is 15.3 Å². The van der Waals surface area contributed by atoms with Gasteiger partial charge in [-0.2, -0.15) is 0 Å². The van der Waals surface area contributed by atoms with Crippen molar-refractivity contribution in [3.63, 3.8) is 0 Å². The zero-order chi connectivity index (χ0) is 12.4. The molecule has 1 fully saturated rings. The van der Waals surface area contributed by atoms with E-state index in [0.29, 0.717) is 24.0 Å². The van der Waals surface area contributed by atoms with Gasteiger partial charge in [-0.25, -0.2) is 9.18 Å². The topological polar surface area (TPSA) is 52.6 Å². The summed E-state index contributed by atoms with van der Waals surface area (Å²) in [6.45, 7) is 0.787. The Morgan fingerprint density at radius 2 is 2.35 bits per heavy atom. The highest BCUT2D eigenvalue weighted by molar-refractivity contribution is 9.10. The number of anilines is 1. The van der Waals surface area contributed by atoms with Crippen LogP contribution in [0.5, 0.6) is 0 Å². The number of nitrogens with zero attached hydrogens (tertiary/aromatic N) is 1.